The van der Waals surface area contributed by atoms with Crippen molar-refractivity contribution in [2.45, 2.75) is 45.8 Å². The molecular weight excluding hydrogens is 460 g/mol. The van der Waals surface area contributed by atoms with Crippen LogP contribution in [0, 0.1) is 6.92 Å². The van der Waals surface area contributed by atoms with E-state index in [0.29, 0.717) is 38.4 Å². The quantitative estimate of drug-likeness (QED) is 0.255. The van der Waals surface area contributed by atoms with E-state index in [-0.39, 0.29) is 0 Å². The summed E-state index contributed by atoms with van der Waals surface area (Å²) in [4.78, 5) is 19.5. The molecule has 0 aliphatic rings. The van der Waals surface area contributed by atoms with Crippen LogP contribution in [0.1, 0.15) is 35.9 Å². The van der Waals surface area contributed by atoms with Gasteiger partial charge < -0.3 is 14.3 Å². The number of benzene rings is 2. The highest BCUT2D eigenvalue weighted by Crippen LogP contribution is 2.26. The fourth-order valence-corrected chi connectivity index (χ4v) is 4.69. The Bertz CT molecular complexity index is 1200. The molecule has 0 aliphatic carbocycles. The highest BCUT2D eigenvalue weighted by molar-refractivity contribution is 7.13. The monoisotopic (exact) mass is 490 g/mol. The Morgan fingerprint density at radius 3 is 2.40 bits per heavy atom. The maximum absolute atomic E-state index is 11.9. The number of ether oxygens (including phenoxy) is 1. The van der Waals surface area contributed by atoms with Crippen molar-refractivity contribution in [2.24, 2.45) is 0 Å². The van der Waals surface area contributed by atoms with Gasteiger partial charge in [-0.05, 0) is 48.1 Å². The molecule has 35 heavy (non-hydrogen) atoms. The predicted molar refractivity (Wildman–Crippen MR) is 138 cm³/mol. The Labute approximate surface area is 209 Å². The van der Waals surface area contributed by atoms with Crippen LogP contribution in [0.2, 0.25) is 0 Å². The molecule has 0 aliphatic heterocycles. The molecule has 4 aromatic rings. The summed E-state index contributed by atoms with van der Waals surface area (Å²) in [5, 5.41) is 11.7. The highest BCUT2D eigenvalue weighted by atomic mass is 32.1. The zero-order valence-corrected chi connectivity index (χ0v) is 20.8. The summed E-state index contributed by atoms with van der Waals surface area (Å²) in [5.41, 5.74) is 3.04. The molecule has 4 rings (SSSR count). The van der Waals surface area contributed by atoms with Crippen LogP contribution in [0.15, 0.2) is 76.5 Å². The van der Waals surface area contributed by atoms with Gasteiger partial charge in [0, 0.05) is 19.5 Å². The Kier molecular flexibility index (Phi) is 8.34. The van der Waals surface area contributed by atoms with Gasteiger partial charge in [-0.25, -0.2) is 4.98 Å². The average Bonchev–Trinajstić information content (AvgIpc) is 3.51. The summed E-state index contributed by atoms with van der Waals surface area (Å²) >= 11 is 1.61. The van der Waals surface area contributed by atoms with Crippen LogP contribution in [0.25, 0.3) is 10.8 Å². The third kappa shape index (κ3) is 6.59. The molecule has 0 saturated carbocycles. The van der Waals surface area contributed by atoms with Crippen molar-refractivity contribution >= 4 is 17.3 Å². The summed E-state index contributed by atoms with van der Waals surface area (Å²) in [7, 11) is 0. The first-order valence-electron chi connectivity index (χ1n) is 11.8. The number of aryl methyl sites for hydroxylation is 1. The topological polar surface area (TPSA) is 75.8 Å². The number of carboxylic acid groups (broad SMARTS) is 1. The van der Waals surface area contributed by atoms with Gasteiger partial charge in [0.1, 0.15) is 17.6 Å². The molecular formula is C28H30N2O4S. The van der Waals surface area contributed by atoms with E-state index in [4.69, 9.17) is 9.15 Å². The minimum atomic E-state index is -0.797. The maximum Gasteiger partial charge on any atom is 0.320 e. The van der Waals surface area contributed by atoms with Gasteiger partial charge in [0.25, 0.3) is 0 Å². The van der Waals surface area contributed by atoms with Crippen molar-refractivity contribution in [1.82, 2.24) is 9.88 Å². The van der Waals surface area contributed by atoms with Crippen LogP contribution in [-0.2, 0) is 24.3 Å². The van der Waals surface area contributed by atoms with E-state index in [1.54, 1.807) is 11.3 Å². The van der Waals surface area contributed by atoms with Crippen molar-refractivity contribution in [2.75, 3.05) is 6.61 Å². The maximum atomic E-state index is 11.9. The molecule has 6 nitrogen and oxygen atoms in total. The Hall–Kier alpha value is -3.42. The smallest absolute Gasteiger partial charge is 0.320 e. The van der Waals surface area contributed by atoms with E-state index in [1.807, 2.05) is 90.9 Å². The molecule has 0 amide bonds. The number of aliphatic carboxylic acids is 1. The summed E-state index contributed by atoms with van der Waals surface area (Å²) in [5.74, 6) is 1.44. The number of nitrogens with zero attached hydrogens (tertiary/aromatic N) is 2. The van der Waals surface area contributed by atoms with Gasteiger partial charge in [-0.1, -0.05) is 55.5 Å². The molecule has 2 aromatic carbocycles. The van der Waals surface area contributed by atoms with Crippen LogP contribution in [0.4, 0.5) is 0 Å². The molecule has 7 heteroatoms. The number of thiophene rings is 1. The molecule has 0 spiro atoms. The summed E-state index contributed by atoms with van der Waals surface area (Å²) in [6.07, 6.45) is 1.20. The molecule has 2 heterocycles. The van der Waals surface area contributed by atoms with Crippen LogP contribution in [-0.4, -0.2) is 33.6 Å². The molecule has 1 atom stereocenters. The molecule has 0 saturated heterocycles. The molecule has 0 bridgehead atoms. The lowest BCUT2D eigenvalue weighted by molar-refractivity contribution is -0.144. The second-order valence-corrected chi connectivity index (χ2v) is 9.34. The number of carbonyl (C=O) groups is 1. The molecule has 1 unspecified atom stereocenters. The minimum absolute atomic E-state index is 0.494. The number of oxazole rings is 1. The first kappa shape index (κ1) is 24.7. The third-order valence-electron chi connectivity index (χ3n) is 5.88. The van der Waals surface area contributed by atoms with Gasteiger partial charge >= 0.3 is 5.97 Å². The van der Waals surface area contributed by atoms with Crippen molar-refractivity contribution in [1.29, 1.82) is 0 Å². The van der Waals surface area contributed by atoms with Crippen LogP contribution in [0.3, 0.4) is 0 Å². The second-order valence-electron chi connectivity index (χ2n) is 8.39. The SMILES string of the molecule is CCC(C(=O)O)N(Cc1ccccc1)Cc1ccc(OCCc2nc(-c3cccs3)oc2C)cc1. The second kappa shape index (κ2) is 11.8. The predicted octanol–water partition coefficient (Wildman–Crippen LogP) is 6.20. The van der Waals surface area contributed by atoms with Gasteiger partial charge in [0.2, 0.25) is 5.89 Å². The molecule has 0 radical (unpaired) electrons. The third-order valence-corrected chi connectivity index (χ3v) is 6.74. The summed E-state index contributed by atoms with van der Waals surface area (Å²) in [6.45, 7) is 5.45. The zero-order valence-electron chi connectivity index (χ0n) is 20.0. The zero-order chi connectivity index (χ0) is 24.6. The van der Waals surface area contributed by atoms with Crippen molar-refractivity contribution < 1.29 is 19.1 Å². The lowest BCUT2D eigenvalue weighted by Gasteiger charge is -2.28. The van der Waals surface area contributed by atoms with Crippen molar-refractivity contribution in [3.05, 3.63) is 94.7 Å². The number of hydrogen-bond acceptors (Lipinski definition) is 6. The van der Waals surface area contributed by atoms with E-state index < -0.39 is 12.0 Å². The van der Waals surface area contributed by atoms with E-state index in [9.17, 15) is 9.90 Å². The van der Waals surface area contributed by atoms with Crippen LogP contribution >= 0.6 is 11.3 Å². The summed E-state index contributed by atoms with van der Waals surface area (Å²) < 4.78 is 11.7. The number of aromatic nitrogens is 1. The molecule has 0 fully saturated rings. The minimum Gasteiger partial charge on any atom is -0.493 e. The largest absolute Gasteiger partial charge is 0.493 e. The van der Waals surface area contributed by atoms with Crippen LogP contribution in [0.5, 0.6) is 5.75 Å². The van der Waals surface area contributed by atoms with Crippen molar-refractivity contribution in [3.63, 3.8) is 0 Å². The number of carboxylic acids is 1. The Morgan fingerprint density at radius 2 is 1.77 bits per heavy atom. The average molecular weight is 491 g/mol. The lowest BCUT2D eigenvalue weighted by Crippen LogP contribution is -2.39. The lowest BCUT2D eigenvalue weighted by atomic mass is 10.1. The normalized spacial score (nSPS) is 12.1. The van der Waals surface area contributed by atoms with Gasteiger partial charge in [-0.2, -0.15) is 0 Å². The van der Waals surface area contributed by atoms with Gasteiger partial charge in [0.15, 0.2) is 0 Å². The number of hydrogen-bond donors (Lipinski definition) is 1. The van der Waals surface area contributed by atoms with E-state index in [2.05, 4.69) is 4.98 Å². The first-order valence-corrected chi connectivity index (χ1v) is 12.6. The van der Waals surface area contributed by atoms with E-state index >= 15 is 0 Å². The fourth-order valence-electron chi connectivity index (χ4n) is 4.04. The van der Waals surface area contributed by atoms with E-state index in [0.717, 1.165) is 33.2 Å². The Morgan fingerprint density at radius 1 is 1.06 bits per heavy atom. The van der Waals surface area contributed by atoms with E-state index in [1.165, 1.54) is 0 Å². The van der Waals surface area contributed by atoms with Gasteiger partial charge in [-0.3, -0.25) is 9.69 Å². The van der Waals surface area contributed by atoms with Crippen LogP contribution < -0.4 is 4.74 Å². The molecule has 182 valence electrons. The standard InChI is InChI=1S/C28H30N2O4S/c1-3-25(28(31)32)30(18-21-8-5-4-6-9-21)19-22-11-13-23(14-12-22)33-16-15-24-20(2)34-27(29-24)26-10-7-17-35-26/h4-14,17,25H,3,15-16,18-19H2,1-2H3,(H,31,32). The molecule has 1 N–H and O–H groups in total. The fraction of sp³-hybridized carbons (Fsp3) is 0.286. The summed E-state index contributed by atoms with van der Waals surface area (Å²) in [6, 6.07) is 21.3. The Balaban J connectivity index is 1.35. The van der Waals surface area contributed by atoms with Crippen molar-refractivity contribution in [3.8, 4) is 16.5 Å². The molecule has 2 aromatic heterocycles. The number of rotatable bonds is 12. The highest BCUT2D eigenvalue weighted by Gasteiger charge is 2.24. The van der Waals surface area contributed by atoms with Gasteiger partial charge in [0.05, 0.1) is 17.2 Å². The van der Waals surface area contributed by atoms with Gasteiger partial charge in [-0.15, -0.1) is 11.3 Å². The first-order chi connectivity index (χ1) is 17.0.